The predicted octanol–water partition coefficient (Wildman–Crippen LogP) is 7.46. The van der Waals surface area contributed by atoms with Gasteiger partial charge in [-0.15, -0.1) is 0 Å². The summed E-state index contributed by atoms with van der Waals surface area (Å²) in [4.78, 5) is 30.5. The molecule has 0 N–H and O–H groups in total. The minimum atomic E-state index is -0.848. The van der Waals surface area contributed by atoms with Gasteiger partial charge in [0.1, 0.15) is 0 Å². The number of carbonyl (C=O) groups is 2. The number of nitrogens with zero attached hydrogens (tertiary/aromatic N) is 2. The fourth-order valence-corrected chi connectivity index (χ4v) is 7.92. The van der Waals surface area contributed by atoms with Gasteiger partial charge in [-0.25, -0.2) is 0 Å². The molecule has 1 aromatic heterocycles. The van der Waals surface area contributed by atoms with Crippen molar-refractivity contribution in [3.8, 4) is 0 Å². The van der Waals surface area contributed by atoms with Crippen molar-refractivity contribution in [3.63, 3.8) is 0 Å². The second-order valence-corrected chi connectivity index (χ2v) is 12.0. The van der Waals surface area contributed by atoms with E-state index in [0.717, 1.165) is 32.0 Å². The van der Waals surface area contributed by atoms with Crippen LogP contribution in [0.1, 0.15) is 24.3 Å². The number of ketones is 2. The van der Waals surface area contributed by atoms with Gasteiger partial charge in [-0.05, 0) is 0 Å². The van der Waals surface area contributed by atoms with Crippen LogP contribution in [0.3, 0.4) is 0 Å². The third-order valence-electron chi connectivity index (χ3n) is 6.77. The fraction of sp³-hybridized carbons (Fsp3) is 0. The first-order chi connectivity index (χ1) is 18.2. The summed E-state index contributed by atoms with van der Waals surface area (Å²) in [6, 6.07) is 38.6. The molecular weight excluding hydrogens is 572 g/mol. The second kappa shape index (κ2) is 8.74. The summed E-state index contributed by atoms with van der Waals surface area (Å²) < 4.78 is 2.30. The molecule has 176 valence electrons. The topological polar surface area (TPSA) is 40.6 Å². The summed E-state index contributed by atoms with van der Waals surface area (Å²) in [6.07, 6.45) is 1.83. The number of hydrogen-bond acceptors (Lipinski definition) is 4. The number of Topliss-reactive ketones (excluding diaryl/α,β-unsaturated/α-hetero) is 2. The Morgan fingerprint density at radius 1 is 0.514 bits per heavy atom. The van der Waals surface area contributed by atoms with Crippen LogP contribution >= 0.6 is 0 Å². The van der Waals surface area contributed by atoms with Crippen molar-refractivity contribution >= 4 is 70.2 Å². The van der Waals surface area contributed by atoms with E-state index in [1.165, 1.54) is 3.70 Å². The Labute approximate surface area is 224 Å². The first kappa shape index (κ1) is 22.1. The molecular formula is C32H20N2O2Te. The molecule has 0 saturated heterocycles. The number of carbonyl (C=O) groups excluding carboxylic acids is 2. The molecule has 5 aromatic rings. The number of allylic oxidation sites excluding steroid dienone is 1. The van der Waals surface area contributed by atoms with Crippen LogP contribution in [-0.4, -0.2) is 32.0 Å². The van der Waals surface area contributed by atoms with Crippen molar-refractivity contribution in [2.45, 2.75) is 0 Å². The molecule has 37 heavy (non-hydrogen) atoms. The number of rotatable bonds is 3. The maximum absolute atomic E-state index is 12.9. The Hall–Kier alpha value is -4.17. The van der Waals surface area contributed by atoms with Crippen molar-refractivity contribution in [1.82, 2.24) is 0 Å². The van der Waals surface area contributed by atoms with Crippen molar-refractivity contribution < 1.29 is 9.59 Å². The summed E-state index contributed by atoms with van der Waals surface area (Å²) in [5.41, 5.74) is 6.86. The summed E-state index contributed by atoms with van der Waals surface area (Å²) in [5.74, 6) is -0.343. The van der Waals surface area contributed by atoms with E-state index in [0.29, 0.717) is 11.1 Å². The first-order valence-corrected chi connectivity index (χ1v) is 14.4. The van der Waals surface area contributed by atoms with Gasteiger partial charge in [0.05, 0.1) is 0 Å². The van der Waals surface area contributed by atoms with Gasteiger partial charge in [0, 0.05) is 0 Å². The first-order valence-electron chi connectivity index (χ1n) is 12.0. The van der Waals surface area contributed by atoms with Crippen LogP contribution in [0.25, 0.3) is 6.08 Å². The molecule has 0 fully saturated rings. The SMILES string of the molecule is O=C1C(=Cc2ccc(N3c4ccccc4N(c4ccccc4)c4ccccc43)[te]2)C(=O)c2ccccc21. The van der Waals surface area contributed by atoms with Crippen LogP contribution in [-0.2, 0) is 0 Å². The van der Waals surface area contributed by atoms with Crippen molar-refractivity contribution in [2.75, 3.05) is 9.80 Å². The monoisotopic (exact) mass is 594 g/mol. The number of fused-ring (bicyclic) bond motifs is 3. The van der Waals surface area contributed by atoms with E-state index in [1.54, 1.807) is 24.3 Å². The molecule has 2 aliphatic rings. The molecule has 0 bridgehead atoms. The Morgan fingerprint density at radius 2 is 1.00 bits per heavy atom. The third kappa shape index (κ3) is 3.51. The maximum atomic E-state index is 12.9. The summed E-state index contributed by atoms with van der Waals surface area (Å²) in [5, 5.41) is 0. The van der Waals surface area contributed by atoms with E-state index in [1.807, 2.05) is 12.1 Å². The Bertz CT molecular complexity index is 1650. The molecule has 1 aliphatic heterocycles. The summed E-state index contributed by atoms with van der Waals surface area (Å²) >= 11 is -0.848. The van der Waals surface area contributed by atoms with Crippen LogP contribution in [0, 0.1) is 0 Å². The molecule has 0 atom stereocenters. The molecule has 0 spiro atoms. The Balaban J connectivity index is 1.33. The zero-order valence-electron chi connectivity index (χ0n) is 19.7. The van der Waals surface area contributed by atoms with E-state index < -0.39 is 20.4 Å². The van der Waals surface area contributed by atoms with E-state index in [9.17, 15) is 9.59 Å². The van der Waals surface area contributed by atoms with E-state index >= 15 is 0 Å². The van der Waals surface area contributed by atoms with Crippen LogP contribution < -0.4 is 9.80 Å². The minimum absolute atomic E-state index is 0.172. The van der Waals surface area contributed by atoms with Crippen LogP contribution in [0.15, 0.2) is 121 Å². The van der Waals surface area contributed by atoms with E-state index in [4.69, 9.17) is 0 Å². The number of para-hydroxylation sites is 5. The molecule has 0 radical (unpaired) electrons. The number of benzene rings is 4. The zero-order chi connectivity index (χ0) is 24.9. The molecule has 1 aliphatic carbocycles. The zero-order valence-corrected chi connectivity index (χ0v) is 22.0. The quantitative estimate of drug-likeness (QED) is 0.122. The van der Waals surface area contributed by atoms with Gasteiger partial charge >= 0.3 is 225 Å². The average Bonchev–Trinajstić information content (AvgIpc) is 3.51. The van der Waals surface area contributed by atoms with Crippen LogP contribution in [0.4, 0.5) is 32.1 Å². The molecule has 7 rings (SSSR count). The van der Waals surface area contributed by atoms with Crippen LogP contribution in [0.5, 0.6) is 0 Å². The molecule has 4 nitrogen and oxygen atoms in total. The summed E-state index contributed by atoms with van der Waals surface area (Å²) in [6.45, 7) is 0. The van der Waals surface area contributed by atoms with Crippen molar-refractivity contribution in [1.29, 1.82) is 0 Å². The fourth-order valence-electron chi connectivity index (χ4n) is 5.12. The molecule has 0 saturated carbocycles. The average molecular weight is 592 g/mol. The van der Waals surface area contributed by atoms with E-state index in [2.05, 4.69) is 94.7 Å². The van der Waals surface area contributed by atoms with Gasteiger partial charge in [-0.1, -0.05) is 0 Å². The second-order valence-electron chi connectivity index (χ2n) is 8.92. The van der Waals surface area contributed by atoms with Gasteiger partial charge in [0.25, 0.3) is 0 Å². The molecule has 0 unspecified atom stereocenters. The van der Waals surface area contributed by atoms with Gasteiger partial charge in [-0.3, -0.25) is 0 Å². The van der Waals surface area contributed by atoms with E-state index in [-0.39, 0.29) is 17.1 Å². The predicted molar refractivity (Wildman–Crippen MR) is 149 cm³/mol. The Kier molecular flexibility index (Phi) is 5.21. The van der Waals surface area contributed by atoms with Crippen molar-refractivity contribution in [2.24, 2.45) is 0 Å². The van der Waals surface area contributed by atoms with Gasteiger partial charge < -0.3 is 0 Å². The standard InChI is InChI=1S/C32H20N2O2Te/c35-31-23-12-4-5-13-24(23)32(36)25(31)20-22-18-19-30(37-22)34-28-16-8-6-14-26(28)33(21-10-2-1-3-11-21)27-15-7-9-17-29(27)34/h1-20H. The number of anilines is 6. The molecule has 4 aromatic carbocycles. The normalized spacial score (nSPS) is 13.9. The summed E-state index contributed by atoms with van der Waals surface area (Å²) in [7, 11) is 0. The van der Waals surface area contributed by atoms with Gasteiger partial charge in [0.2, 0.25) is 0 Å². The third-order valence-corrected chi connectivity index (χ3v) is 9.67. The van der Waals surface area contributed by atoms with Crippen LogP contribution in [0.2, 0.25) is 0 Å². The molecule has 0 amide bonds. The van der Waals surface area contributed by atoms with Crippen molar-refractivity contribution in [3.05, 3.63) is 136 Å². The Morgan fingerprint density at radius 3 is 1.57 bits per heavy atom. The number of hydrogen-bond donors (Lipinski definition) is 0. The molecule has 5 heteroatoms. The van der Waals surface area contributed by atoms with Gasteiger partial charge in [-0.2, -0.15) is 0 Å². The molecule has 2 heterocycles. The van der Waals surface area contributed by atoms with Gasteiger partial charge in [0.15, 0.2) is 0 Å².